The van der Waals surface area contributed by atoms with Gasteiger partial charge in [-0.2, -0.15) is 0 Å². The summed E-state index contributed by atoms with van der Waals surface area (Å²) in [5.41, 5.74) is 5.20. The number of nitrogens with two attached hydrogens (primary N) is 1. The Labute approximate surface area is 150 Å². The lowest BCUT2D eigenvalue weighted by molar-refractivity contribution is -0.131. The molecule has 0 aliphatic carbocycles. The van der Waals surface area contributed by atoms with Crippen molar-refractivity contribution in [3.05, 3.63) is 12.2 Å². The van der Waals surface area contributed by atoms with Gasteiger partial charge >= 0.3 is 0 Å². The third-order valence-electron chi connectivity index (χ3n) is 5.93. The first-order valence-electron chi connectivity index (χ1n) is 9.61. The molecule has 3 nitrogen and oxygen atoms in total. The molecule has 0 fully saturated rings. The smallest absolute Gasteiger partial charge is 0.225 e. The van der Waals surface area contributed by atoms with E-state index < -0.39 is 5.41 Å². The summed E-state index contributed by atoms with van der Waals surface area (Å²) in [7, 11) is 0. The molecule has 0 aliphatic rings. The highest BCUT2D eigenvalue weighted by molar-refractivity contribution is 5.81. The van der Waals surface area contributed by atoms with Gasteiger partial charge in [0, 0.05) is 18.5 Å². The number of rotatable bonds is 11. The molecule has 2 atom stereocenters. The number of allylic oxidation sites excluding steroid dienone is 2. The molecule has 0 rings (SSSR count). The van der Waals surface area contributed by atoms with E-state index in [1.165, 1.54) is 6.42 Å². The normalized spacial score (nSPS) is 16.9. The zero-order chi connectivity index (χ0) is 19.0. The fourth-order valence-electron chi connectivity index (χ4n) is 3.36. The summed E-state index contributed by atoms with van der Waals surface area (Å²) in [6, 6.07) is 0. The van der Waals surface area contributed by atoms with Crippen LogP contribution in [-0.4, -0.2) is 19.0 Å². The first-order chi connectivity index (χ1) is 11.0. The van der Waals surface area contributed by atoms with E-state index in [0.717, 1.165) is 25.2 Å². The van der Waals surface area contributed by atoms with Gasteiger partial charge in [0.05, 0.1) is 0 Å². The van der Waals surface area contributed by atoms with Crippen LogP contribution in [-0.2, 0) is 4.79 Å². The molecule has 0 heterocycles. The summed E-state index contributed by atoms with van der Waals surface area (Å²) in [6.45, 7) is 18.8. The van der Waals surface area contributed by atoms with Crippen molar-refractivity contribution in [2.45, 2.75) is 81.1 Å². The van der Waals surface area contributed by atoms with Gasteiger partial charge in [-0.3, -0.25) is 4.79 Å². The fourth-order valence-corrected chi connectivity index (χ4v) is 3.36. The Morgan fingerprint density at radius 3 is 2.21 bits per heavy atom. The van der Waals surface area contributed by atoms with Crippen molar-refractivity contribution in [3.8, 4) is 0 Å². The molecule has 0 saturated heterocycles. The van der Waals surface area contributed by atoms with Crippen molar-refractivity contribution < 1.29 is 4.79 Å². The first-order valence-corrected chi connectivity index (χ1v) is 9.61. The molecule has 0 aromatic rings. The van der Waals surface area contributed by atoms with Gasteiger partial charge in [-0.1, -0.05) is 74.0 Å². The second kappa shape index (κ2) is 9.60. The summed E-state index contributed by atoms with van der Waals surface area (Å²) >= 11 is 0. The molecule has 0 saturated carbocycles. The lowest BCUT2D eigenvalue weighted by atomic mass is 9.59. The molecule has 2 unspecified atom stereocenters. The van der Waals surface area contributed by atoms with Crippen LogP contribution in [0, 0.1) is 22.2 Å². The second-order valence-electron chi connectivity index (χ2n) is 8.91. The molecule has 0 spiro atoms. The van der Waals surface area contributed by atoms with Crippen LogP contribution in [0.5, 0.6) is 0 Å². The van der Waals surface area contributed by atoms with Gasteiger partial charge in [0.15, 0.2) is 0 Å². The predicted octanol–water partition coefficient (Wildman–Crippen LogP) is 4.91. The molecule has 0 aromatic heterocycles. The third kappa shape index (κ3) is 6.58. The Bertz CT molecular complexity index is 412. The molecule has 0 bridgehead atoms. The molecule has 0 radical (unpaired) electrons. The highest BCUT2D eigenvalue weighted by Crippen LogP contribution is 2.49. The van der Waals surface area contributed by atoms with Crippen LogP contribution < -0.4 is 11.1 Å². The van der Waals surface area contributed by atoms with Gasteiger partial charge in [0.2, 0.25) is 5.91 Å². The maximum Gasteiger partial charge on any atom is 0.225 e. The summed E-state index contributed by atoms with van der Waals surface area (Å²) in [4.78, 5) is 12.5. The minimum atomic E-state index is -0.403. The molecule has 0 aliphatic heterocycles. The molecule has 3 N–H and O–H groups in total. The van der Waals surface area contributed by atoms with Gasteiger partial charge in [0.1, 0.15) is 0 Å². The number of nitrogens with one attached hydrogen (secondary N) is 1. The molecule has 3 heteroatoms. The van der Waals surface area contributed by atoms with Crippen molar-refractivity contribution in [1.82, 2.24) is 5.32 Å². The average Bonchev–Trinajstić information content (AvgIpc) is 2.50. The van der Waals surface area contributed by atoms with Gasteiger partial charge in [-0.05, 0) is 36.0 Å². The summed E-state index contributed by atoms with van der Waals surface area (Å²) < 4.78 is 0. The van der Waals surface area contributed by atoms with E-state index in [0.29, 0.717) is 13.1 Å². The van der Waals surface area contributed by atoms with Crippen LogP contribution in [0.15, 0.2) is 12.2 Å². The lowest BCUT2D eigenvalue weighted by Crippen LogP contribution is -2.45. The average molecular weight is 339 g/mol. The van der Waals surface area contributed by atoms with Crippen LogP contribution >= 0.6 is 0 Å². The highest BCUT2D eigenvalue weighted by Gasteiger charge is 2.43. The van der Waals surface area contributed by atoms with E-state index in [-0.39, 0.29) is 16.7 Å². The SMILES string of the molecule is CCC(C)CC=CC(C)(CC)C(C)(C)CC(C)(C)C(=O)NCCN. The standard InChI is InChI=1S/C21H42N2O/c1-9-17(3)12-11-13-21(8,10-2)20(6,7)16-19(4,5)18(24)23-15-14-22/h11,13,17H,9-10,12,14-16,22H2,1-8H3,(H,23,24). The minimum Gasteiger partial charge on any atom is -0.354 e. The topological polar surface area (TPSA) is 55.1 Å². The zero-order valence-electron chi connectivity index (χ0n) is 17.5. The van der Waals surface area contributed by atoms with E-state index in [1.807, 2.05) is 13.8 Å². The number of hydrogen-bond acceptors (Lipinski definition) is 2. The first kappa shape index (κ1) is 23.2. The van der Waals surface area contributed by atoms with Crippen LogP contribution in [0.25, 0.3) is 0 Å². The minimum absolute atomic E-state index is 0.0251. The van der Waals surface area contributed by atoms with Crippen molar-refractivity contribution in [1.29, 1.82) is 0 Å². The van der Waals surface area contributed by atoms with Crippen LogP contribution in [0.3, 0.4) is 0 Å². The second-order valence-corrected chi connectivity index (χ2v) is 8.91. The molecule has 1 amide bonds. The summed E-state index contributed by atoms with van der Waals surface area (Å²) in [5, 5.41) is 2.95. The van der Waals surface area contributed by atoms with Crippen LogP contribution in [0.1, 0.15) is 81.1 Å². The molecule has 24 heavy (non-hydrogen) atoms. The molecule has 0 aromatic carbocycles. The van der Waals surface area contributed by atoms with E-state index in [4.69, 9.17) is 5.73 Å². The van der Waals surface area contributed by atoms with Crippen molar-refractivity contribution in [3.63, 3.8) is 0 Å². The van der Waals surface area contributed by atoms with E-state index in [2.05, 4.69) is 59.0 Å². The number of carbonyl (C=O) groups is 1. The Morgan fingerprint density at radius 2 is 1.75 bits per heavy atom. The highest BCUT2D eigenvalue weighted by atomic mass is 16.2. The number of hydrogen-bond donors (Lipinski definition) is 2. The maximum absolute atomic E-state index is 12.5. The molecule has 142 valence electrons. The van der Waals surface area contributed by atoms with Crippen molar-refractivity contribution in [2.24, 2.45) is 27.9 Å². The third-order valence-corrected chi connectivity index (χ3v) is 5.93. The number of carbonyl (C=O) groups excluding carboxylic acids is 1. The Kier molecular flexibility index (Phi) is 9.27. The van der Waals surface area contributed by atoms with Crippen LogP contribution in [0.4, 0.5) is 0 Å². The Balaban J connectivity index is 5.17. The van der Waals surface area contributed by atoms with Gasteiger partial charge in [0.25, 0.3) is 0 Å². The molecular weight excluding hydrogens is 296 g/mol. The van der Waals surface area contributed by atoms with E-state index >= 15 is 0 Å². The lowest BCUT2D eigenvalue weighted by Gasteiger charge is -2.46. The van der Waals surface area contributed by atoms with Crippen LogP contribution in [0.2, 0.25) is 0 Å². The van der Waals surface area contributed by atoms with E-state index in [1.54, 1.807) is 0 Å². The monoisotopic (exact) mass is 338 g/mol. The van der Waals surface area contributed by atoms with Gasteiger partial charge in [-0.25, -0.2) is 0 Å². The zero-order valence-corrected chi connectivity index (χ0v) is 17.5. The fraction of sp³-hybridized carbons (Fsp3) is 0.857. The summed E-state index contributed by atoms with van der Waals surface area (Å²) in [5.74, 6) is 0.826. The van der Waals surface area contributed by atoms with E-state index in [9.17, 15) is 4.79 Å². The van der Waals surface area contributed by atoms with Crippen molar-refractivity contribution >= 4 is 5.91 Å². The van der Waals surface area contributed by atoms with Crippen molar-refractivity contribution in [2.75, 3.05) is 13.1 Å². The molecular formula is C21H42N2O. The largest absolute Gasteiger partial charge is 0.354 e. The van der Waals surface area contributed by atoms with Gasteiger partial charge in [-0.15, -0.1) is 0 Å². The predicted molar refractivity (Wildman–Crippen MR) is 106 cm³/mol. The quantitative estimate of drug-likeness (QED) is 0.526. The summed E-state index contributed by atoms with van der Waals surface area (Å²) in [6.07, 6.45) is 8.99. The number of amides is 1. The maximum atomic E-state index is 12.5. The van der Waals surface area contributed by atoms with Gasteiger partial charge < -0.3 is 11.1 Å². The Morgan fingerprint density at radius 1 is 1.17 bits per heavy atom. The Hall–Kier alpha value is -0.830.